The number of hydrogen-bond acceptors (Lipinski definition) is 4. The van der Waals surface area contributed by atoms with Crippen molar-refractivity contribution in [1.29, 1.82) is 0 Å². The van der Waals surface area contributed by atoms with E-state index in [-0.39, 0.29) is 0 Å². The number of nitrogens with zero attached hydrogens (tertiary/aromatic N) is 5. The van der Waals surface area contributed by atoms with E-state index < -0.39 is 0 Å². The van der Waals surface area contributed by atoms with Gasteiger partial charge in [-0.3, -0.25) is 9.99 Å². The first-order chi connectivity index (χ1) is 12.4. The molecule has 3 heterocycles. The summed E-state index contributed by atoms with van der Waals surface area (Å²) >= 11 is 0. The van der Waals surface area contributed by atoms with Gasteiger partial charge in [-0.15, -0.1) is 0 Å². The third kappa shape index (κ3) is 3.60. The quantitative estimate of drug-likeness (QED) is 0.684. The Bertz CT molecular complexity index is 833. The first-order valence-electron chi connectivity index (χ1n) is 8.74. The van der Waals surface area contributed by atoms with Crippen LogP contribution in [0.5, 0.6) is 0 Å². The Kier molecular flexibility index (Phi) is 4.55. The highest BCUT2D eigenvalue weighted by molar-refractivity contribution is 5.88. The van der Waals surface area contributed by atoms with E-state index in [2.05, 4.69) is 15.1 Å². The molecule has 0 saturated carbocycles. The molecule has 5 heteroatoms. The van der Waals surface area contributed by atoms with Crippen molar-refractivity contribution in [2.24, 2.45) is 5.10 Å². The van der Waals surface area contributed by atoms with E-state index >= 15 is 0 Å². The van der Waals surface area contributed by atoms with Crippen LogP contribution in [0.2, 0.25) is 0 Å². The first-order valence-corrected chi connectivity index (χ1v) is 8.74. The maximum absolute atomic E-state index is 4.78. The van der Waals surface area contributed by atoms with Gasteiger partial charge in [0.1, 0.15) is 5.69 Å². The van der Waals surface area contributed by atoms with E-state index in [1.165, 1.54) is 19.3 Å². The summed E-state index contributed by atoms with van der Waals surface area (Å²) in [7, 11) is 0. The van der Waals surface area contributed by atoms with Gasteiger partial charge in [0.05, 0.1) is 11.9 Å². The molecule has 3 aromatic rings. The highest BCUT2D eigenvalue weighted by Crippen LogP contribution is 2.22. The monoisotopic (exact) mass is 331 g/mol. The van der Waals surface area contributed by atoms with Crippen LogP contribution < -0.4 is 0 Å². The van der Waals surface area contributed by atoms with Crippen LogP contribution >= 0.6 is 0 Å². The minimum atomic E-state index is 0.901. The molecule has 1 aliphatic rings. The van der Waals surface area contributed by atoms with Gasteiger partial charge in [0.25, 0.3) is 0 Å². The van der Waals surface area contributed by atoms with Crippen molar-refractivity contribution >= 4 is 6.21 Å². The average Bonchev–Trinajstić information content (AvgIpc) is 3.13. The van der Waals surface area contributed by atoms with E-state index in [4.69, 9.17) is 5.10 Å². The van der Waals surface area contributed by atoms with Gasteiger partial charge in [0.15, 0.2) is 0 Å². The Morgan fingerprint density at radius 2 is 1.80 bits per heavy atom. The van der Waals surface area contributed by atoms with Crippen LogP contribution in [-0.4, -0.2) is 39.1 Å². The Morgan fingerprint density at radius 1 is 0.960 bits per heavy atom. The summed E-state index contributed by atoms with van der Waals surface area (Å²) in [6.45, 7) is 2.07. The number of benzene rings is 1. The molecule has 1 aliphatic heterocycles. The van der Waals surface area contributed by atoms with Crippen LogP contribution in [0.1, 0.15) is 24.8 Å². The van der Waals surface area contributed by atoms with E-state index in [9.17, 15) is 0 Å². The van der Waals surface area contributed by atoms with Crippen molar-refractivity contribution < 1.29 is 0 Å². The lowest BCUT2D eigenvalue weighted by Crippen LogP contribution is -2.24. The molecule has 5 nitrogen and oxygen atoms in total. The van der Waals surface area contributed by atoms with Gasteiger partial charge in [-0.2, -0.15) is 10.2 Å². The third-order valence-electron chi connectivity index (χ3n) is 4.39. The molecule has 126 valence electrons. The molecule has 0 N–H and O–H groups in total. The van der Waals surface area contributed by atoms with Gasteiger partial charge in [-0.25, -0.2) is 4.68 Å². The molecule has 25 heavy (non-hydrogen) atoms. The summed E-state index contributed by atoms with van der Waals surface area (Å²) < 4.78 is 1.90. The number of hydrogen-bond donors (Lipinski definition) is 0. The molecule has 2 aromatic heterocycles. The number of rotatable bonds is 4. The van der Waals surface area contributed by atoms with Crippen molar-refractivity contribution in [1.82, 2.24) is 19.8 Å². The molecule has 0 radical (unpaired) electrons. The van der Waals surface area contributed by atoms with E-state index in [0.29, 0.717) is 0 Å². The molecule has 0 bridgehead atoms. The second-order valence-corrected chi connectivity index (χ2v) is 6.21. The molecule has 4 rings (SSSR count). The lowest BCUT2D eigenvalue weighted by molar-refractivity contribution is 0.240. The lowest BCUT2D eigenvalue weighted by Gasteiger charge is -2.23. The molecule has 0 aliphatic carbocycles. The van der Waals surface area contributed by atoms with Crippen molar-refractivity contribution in [3.8, 4) is 16.9 Å². The molecule has 1 fully saturated rings. The molecular formula is C20H21N5. The van der Waals surface area contributed by atoms with Gasteiger partial charge in [0.2, 0.25) is 0 Å². The second kappa shape index (κ2) is 7.30. The third-order valence-corrected chi connectivity index (χ3v) is 4.39. The number of piperidine rings is 1. The number of aromatic nitrogens is 3. The van der Waals surface area contributed by atoms with Crippen LogP contribution in [0.25, 0.3) is 16.9 Å². The number of pyridine rings is 1. The van der Waals surface area contributed by atoms with Crippen LogP contribution in [-0.2, 0) is 0 Å². The molecule has 0 unspecified atom stereocenters. The second-order valence-electron chi connectivity index (χ2n) is 6.21. The Balaban J connectivity index is 1.70. The van der Waals surface area contributed by atoms with Gasteiger partial charge in [0, 0.05) is 42.8 Å². The largest absolute Gasteiger partial charge is 0.297 e. The Morgan fingerprint density at radius 3 is 2.56 bits per heavy atom. The molecule has 0 amide bonds. The summed E-state index contributed by atoms with van der Waals surface area (Å²) in [6, 6.07) is 14.1. The van der Waals surface area contributed by atoms with Crippen molar-refractivity contribution in [3.63, 3.8) is 0 Å². The summed E-state index contributed by atoms with van der Waals surface area (Å²) in [5.74, 6) is 0. The molecular weight excluding hydrogens is 310 g/mol. The average molecular weight is 331 g/mol. The van der Waals surface area contributed by atoms with E-state index in [1.54, 1.807) is 6.20 Å². The zero-order valence-corrected chi connectivity index (χ0v) is 14.1. The van der Waals surface area contributed by atoms with Crippen molar-refractivity contribution in [2.75, 3.05) is 13.1 Å². The SMILES string of the molecule is C(=N/N1CCCCC1)/c1cn(-c2ccccc2)nc1-c1cccnc1. The molecule has 0 atom stereocenters. The smallest absolute Gasteiger partial charge is 0.103 e. The van der Waals surface area contributed by atoms with Gasteiger partial charge >= 0.3 is 0 Å². The van der Waals surface area contributed by atoms with Gasteiger partial charge < -0.3 is 0 Å². The molecule has 0 spiro atoms. The molecule has 1 saturated heterocycles. The van der Waals surface area contributed by atoms with Crippen molar-refractivity contribution in [3.05, 3.63) is 66.6 Å². The standard InChI is InChI=1S/C20H21N5/c1-3-9-19(10-4-1)25-16-18(15-22-24-12-5-2-6-13-24)20(23-25)17-8-7-11-21-14-17/h1,3-4,7-11,14-16H,2,5-6,12-13H2/b22-15-. The maximum atomic E-state index is 4.78. The first kappa shape index (κ1) is 15.6. The Hall–Kier alpha value is -2.95. The van der Waals surface area contributed by atoms with E-state index in [0.717, 1.165) is 35.6 Å². The van der Waals surface area contributed by atoms with Crippen LogP contribution in [0.3, 0.4) is 0 Å². The van der Waals surface area contributed by atoms with Crippen LogP contribution in [0.15, 0.2) is 66.2 Å². The highest BCUT2D eigenvalue weighted by atomic mass is 15.4. The number of hydrazone groups is 1. The van der Waals surface area contributed by atoms with Crippen LogP contribution in [0, 0.1) is 0 Å². The lowest BCUT2D eigenvalue weighted by atomic mass is 10.1. The fraction of sp³-hybridized carbons (Fsp3) is 0.250. The normalized spacial score (nSPS) is 15.0. The Labute approximate surface area is 147 Å². The fourth-order valence-electron chi connectivity index (χ4n) is 3.06. The molecule has 1 aromatic carbocycles. The highest BCUT2D eigenvalue weighted by Gasteiger charge is 2.12. The zero-order valence-electron chi connectivity index (χ0n) is 14.1. The van der Waals surface area contributed by atoms with E-state index in [1.807, 2.05) is 65.8 Å². The zero-order chi connectivity index (χ0) is 16.9. The predicted molar refractivity (Wildman–Crippen MR) is 99.8 cm³/mol. The predicted octanol–water partition coefficient (Wildman–Crippen LogP) is 3.75. The summed E-state index contributed by atoms with van der Waals surface area (Å²) in [6.07, 6.45) is 11.3. The summed E-state index contributed by atoms with van der Waals surface area (Å²) in [5.41, 5.74) is 3.93. The van der Waals surface area contributed by atoms with Crippen LogP contribution in [0.4, 0.5) is 0 Å². The maximum Gasteiger partial charge on any atom is 0.103 e. The van der Waals surface area contributed by atoms with Gasteiger partial charge in [-0.05, 0) is 43.5 Å². The summed E-state index contributed by atoms with van der Waals surface area (Å²) in [4.78, 5) is 4.23. The minimum Gasteiger partial charge on any atom is -0.297 e. The summed E-state index contributed by atoms with van der Waals surface area (Å²) in [5, 5.41) is 11.6. The van der Waals surface area contributed by atoms with Crippen molar-refractivity contribution in [2.45, 2.75) is 19.3 Å². The number of para-hydroxylation sites is 1. The topological polar surface area (TPSA) is 46.3 Å². The fourth-order valence-corrected chi connectivity index (χ4v) is 3.06. The van der Waals surface area contributed by atoms with Gasteiger partial charge in [-0.1, -0.05) is 18.2 Å². The minimum absolute atomic E-state index is 0.901.